The standard InChI is InChI=1S/C16H27NO2/c1-4-6-14(13-17-5-2)11-12-19-16-9-7-15(18-3)8-10-16/h7-10,14,17H,4-6,11-13H2,1-3H3. The first kappa shape index (κ1) is 15.8. The maximum Gasteiger partial charge on any atom is 0.119 e. The molecule has 0 amide bonds. The molecule has 0 spiro atoms. The Bertz CT molecular complexity index is 324. The van der Waals surface area contributed by atoms with Crippen LogP contribution in [0, 0.1) is 5.92 Å². The summed E-state index contributed by atoms with van der Waals surface area (Å²) in [4.78, 5) is 0. The van der Waals surface area contributed by atoms with E-state index in [1.807, 2.05) is 24.3 Å². The molecule has 1 aromatic carbocycles. The predicted octanol–water partition coefficient (Wildman–Crippen LogP) is 3.49. The number of nitrogens with one attached hydrogen (secondary N) is 1. The van der Waals surface area contributed by atoms with Gasteiger partial charge in [-0.3, -0.25) is 0 Å². The van der Waals surface area contributed by atoms with Crippen LogP contribution in [-0.4, -0.2) is 26.8 Å². The average Bonchev–Trinajstić information content (AvgIpc) is 2.45. The van der Waals surface area contributed by atoms with E-state index < -0.39 is 0 Å². The maximum absolute atomic E-state index is 5.78. The second kappa shape index (κ2) is 9.68. The Hall–Kier alpha value is -1.22. The van der Waals surface area contributed by atoms with Crippen molar-refractivity contribution in [2.24, 2.45) is 5.92 Å². The fourth-order valence-electron chi connectivity index (χ4n) is 2.12. The van der Waals surface area contributed by atoms with Crippen LogP contribution in [0.3, 0.4) is 0 Å². The second-order valence-electron chi connectivity index (χ2n) is 4.78. The van der Waals surface area contributed by atoms with E-state index in [1.165, 1.54) is 12.8 Å². The topological polar surface area (TPSA) is 30.5 Å². The van der Waals surface area contributed by atoms with E-state index in [0.29, 0.717) is 5.92 Å². The number of ether oxygens (including phenoxy) is 2. The van der Waals surface area contributed by atoms with Gasteiger partial charge in [0.1, 0.15) is 11.5 Å². The van der Waals surface area contributed by atoms with Gasteiger partial charge in [0.2, 0.25) is 0 Å². The van der Waals surface area contributed by atoms with E-state index in [-0.39, 0.29) is 0 Å². The van der Waals surface area contributed by atoms with Crippen molar-refractivity contribution in [2.45, 2.75) is 33.1 Å². The molecule has 0 saturated heterocycles. The molecule has 1 unspecified atom stereocenters. The Labute approximate surface area is 117 Å². The second-order valence-corrected chi connectivity index (χ2v) is 4.78. The third-order valence-corrected chi connectivity index (χ3v) is 3.23. The number of hydrogen-bond donors (Lipinski definition) is 1. The fourth-order valence-corrected chi connectivity index (χ4v) is 2.12. The molecule has 1 N–H and O–H groups in total. The van der Waals surface area contributed by atoms with E-state index in [1.54, 1.807) is 7.11 Å². The molecule has 0 saturated carbocycles. The number of rotatable bonds is 10. The zero-order chi connectivity index (χ0) is 13.9. The van der Waals surface area contributed by atoms with Gasteiger partial charge >= 0.3 is 0 Å². The van der Waals surface area contributed by atoms with Crippen LogP contribution in [0.5, 0.6) is 11.5 Å². The summed E-state index contributed by atoms with van der Waals surface area (Å²) in [7, 11) is 1.67. The molecule has 1 aromatic rings. The highest BCUT2D eigenvalue weighted by molar-refractivity contribution is 5.31. The molecule has 0 bridgehead atoms. The predicted molar refractivity (Wildman–Crippen MR) is 80.0 cm³/mol. The highest BCUT2D eigenvalue weighted by Crippen LogP contribution is 2.18. The van der Waals surface area contributed by atoms with Gasteiger partial charge in [0.15, 0.2) is 0 Å². The first-order chi connectivity index (χ1) is 9.30. The minimum atomic E-state index is 0.711. The minimum Gasteiger partial charge on any atom is -0.497 e. The number of methoxy groups -OCH3 is 1. The van der Waals surface area contributed by atoms with Crippen LogP contribution in [0.25, 0.3) is 0 Å². The lowest BCUT2D eigenvalue weighted by atomic mass is 10.0. The van der Waals surface area contributed by atoms with Crippen LogP contribution < -0.4 is 14.8 Å². The van der Waals surface area contributed by atoms with Gasteiger partial charge in [-0.25, -0.2) is 0 Å². The molecule has 108 valence electrons. The summed E-state index contributed by atoms with van der Waals surface area (Å²) in [5.74, 6) is 2.49. The lowest BCUT2D eigenvalue weighted by Crippen LogP contribution is -2.23. The normalized spacial score (nSPS) is 12.2. The fraction of sp³-hybridized carbons (Fsp3) is 0.625. The Morgan fingerprint density at radius 1 is 1.05 bits per heavy atom. The zero-order valence-corrected chi connectivity index (χ0v) is 12.4. The minimum absolute atomic E-state index is 0.711. The molecule has 0 aliphatic carbocycles. The molecule has 19 heavy (non-hydrogen) atoms. The summed E-state index contributed by atoms with van der Waals surface area (Å²) < 4.78 is 10.9. The Morgan fingerprint density at radius 2 is 1.74 bits per heavy atom. The third-order valence-electron chi connectivity index (χ3n) is 3.23. The monoisotopic (exact) mass is 265 g/mol. The summed E-state index contributed by atoms with van der Waals surface area (Å²) in [5, 5.41) is 3.42. The van der Waals surface area contributed by atoms with Crippen molar-refractivity contribution in [2.75, 3.05) is 26.8 Å². The third kappa shape index (κ3) is 6.48. The van der Waals surface area contributed by atoms with E-state index in [2.05, 4.69) is 19.2 Å². The van der Waals surface area contributed by atoms with Gasteiger partial charge in [-0.05, 0) is 56.1 Å². The molecule has 3 heteroatoms. The first-order valence-electron chi connectivity index (χ1n) is 7.27. The van der Waals surface area contributed by atoms with Gasteiger partial charge in [-0.15, -0.1) is 0 Å². The van der Waals surface area contributed by atoms with Crippen molar-refractivity contribution in [3.8, 4) is 11.5 Å². The summed E-state index contributed by atoms with van der Waals surface area (Å²) in [6.07, 6.45) is 3.60. The summed E-state index contributed by atoms with van der Waals surface area (Å²) in [5.41, 5.74) is 0. The van der Waals surface area contributed by atoms with Gasteiger partial charge in [0.25, 0.3) is 0 Å². The first-order valence-corrected chi connectivity index (χ1v) is 7.27. The average molecular weight is 265 g/mol. The molecule has 1 atom stereocenters. The van der Waals surface area contributed by atoms with E-state index >= 15 is 0 Å². The SMILES string of the molecule is CCCC(CCOc1ccc(OC)cc1)CNCC. The molecule has 0 radical (unpaired) electrons. The van der Waals surface area contributed by atoms with Crippen LogP contribution in [0.4, 0.5) is 0 Å². The molecule has 1 rings (SSSR count). The summed E-state index contributed by atoms with van der Waals surface area (Å²) >= 11 is 0. The molecule has 0 aliphatic rings. The number of hydrogen-bond acceptors (Lipinski definition) is 3. The van der Waals surface area contributed by atoms with Crippen LogP contribution in [-0.2, 0) is 0 Å². The van der Waals surface area contributed by atoms with Gasteiger partial charge in [0, 0.05) is 0 Å². The van der Waals surface area contributed by atoms with Crippen molar-refractivity contribution in [1.82, 2.24) is 5.32 Å². The molecule has 0 heterocycles. The molecule has 0 aliphatic heterocycles. The molecular formula is C16H27NO2. The van der Waals surface area contributed by atoms with E-state index in [9.17, 15) is 0 Å². The van der Waals surface area contributed by atoms with Crippen molar-refractivity contribution in [3.63, 3.8) is 0 Å². The quantitative estimate of drug-likeness (QED) is 0.702. The lowest BCUT2D eigenvalue weighted by Gasteiger charge is -2.16. The Balaban J connectivity index is 2.29. The summed E-state index contributed by atoms with van der Waals surface area (Å²) in [6, 6.07) is 7.77. The Kier molecular flexibility index (Phi) is 8.07. The number of benzene rings is 1. The van der Waals surface area contributed by atoms with Crippen molar-refractivity contribution < 1.29 is 9.47 Å². The smallest absolute Gasteiger partial charge is 0.119 e. The van der Waals surface area contributed by atoms with Crippen molar-refractivity contribution in [1.29, 1.82) is 0 Å². The zero-order valence-electron chi connectivity index (χ0n) is 12.4. The molecule has 3 nitrogen and oxygen atoms in total. The molecule has 0 fully saturated rings. The van der Waals surface area contributed by atoms with Crippen LogP contribution in [0.2, 0.25) is 0 Å². The lowest BCUT2D eigenvalue weighted by molar-refractivity contribution is 0.267. The highest BCUT2D eigenvalue weighted by atomic mass is 16.5. The van der Waals surface area contributed by atoms with Crippen molar-refractivity contribution >= 4 is 0 Å². The van der Waals surface area contributed by atoms with Gasteiger partial charge < -0.3 is 14.8 Å². The van der Waals surface area contributed by atoms with Gasteiger partial charge in [-0.2, -0.15) is 0 Å². The van der Waals surface area contributed by atoms with Crippen LogP contribution in [0.15, 0.2) is 24.3 Å². The van der Waals surface area contributed by atoms with Crippen LogP contribution >= 0.6 is 0 Å². The Morgan fingerprint density at radius 3 is 2.32 bits per heavy atom. The summed E-state index contributed by atoms with van der Waals surface area (Å²) in [6.45, 7) is 7.30. The molecular weight excluding hydrogens is 238 g/mol. The van der Waals surface area contributed by atoms with E-state index in [4.69, 9.17) is 9.47 Å². The van der Waals surface area contributed by atoms with Gasteiger partial charge in [-0.1, -0.05) is 20.3 Å². The van der Waals surface area contributed by atoms with Crippen LogP contribution in [0.1, 0.15) is 33.1 Å². The maximum atomic E-state index is 5.78. The van der Waals surface area contributed by atoms with Gasteiger partial charge in [0.05, 0.1) is 13.7 Å². The van der Waals surface area contributed by atoms with E-state index in [0.717, 1.165) is 37.6 Å². The molecule has 0 aromatic heterocycles. The largest absolute Gasteiger partial charge is 0.497 e. The highest BCUT2D eigenvalue weighted by Gasteiger charge is 2.07. The van der Waals surface area contributed by atoms with Crippen molar-refractivity contribution in [3.05, 3.63) is 24.3 Å².